The largest absolute Gasteiger partial charge is 0.0616 e. The second-order valence-electron chi connectivity index (χ2n) is 6.91. The number of hydrogen-bond acceptors (Lipinski definition) is 0. The topological polar surface area (TPSA) is 0 Å². The molecule has 0 atom stereocenters. The van der Waals surface area contributed by atoms with Crippen LogP contribution in [0.4, 0.5) is 0 Å². The van der Waals surface area contributed by atoms with Crippen LogP contribution in [0.1, 0.15) is 12.5 Å². The summed E-state index contributed by atoms with van der Waals surface area (Å²) >= 11 is 0. The Hall–Kier alpha value is -3.12. The molecule has 5 aromatic carbocycles. The minimum atomic E-state index is 1.06. The molecule has 0 amide bonds. The zero-order valence-corrected chi connectivity index (χ0v) is 14.9. The fourth-order valence-corrected chi connectivity index (χ4v) is 4.06. The average molecular weight is 332 g/mol. The molecule has 0 aromatic heterocycles. The first-order valence-corrected chi connectivity index (χ1v) is 9.27. The van der Waals surface area contributed by atoms with Crippen molar-refractivity contribution < 1.29 is 0 Å². The van der Waals surface area contributed by atoms with Gasteiger partial charge in [-0.05, 0) is 61.5 Å². The van der Waals surface area contributed by atoms with Crippen LogP contribution in [0.3, 0.4) is 0 Å². The van der Waals surface area contributed by atoms with Gasteiger partial charge in [0, 0.05) is 0 Å². The molecule has 0 heteroatoms. The fraction of sp³-hybridized carbons (Fsp3) is 0.0769. The van der Waals surface area contributed by atoms with E-state index in [1.807, 2.05) is 0 Å². The summed E-state index contributed by atoms with van der Waals surface area (Å²) in [6.45, 7) is 2.21. The Morgan fingerprint density at radius 2 is 1.00 bits per heavy atom. The molecule has 0 nitrogen and oxygen atoms in total. The molecule has 0 fully saturated rings. The minimum Gasteiger partial charge on any atom is -0.0616 e. The SMILES string of the molecule is CCc1cccc(-c2ccc3c4ccccc4c4ccccc4c3c2)c1. The van der Waals surface area contributed by atoms with Crippen LogP contribution in [0.25, 0.3) is 43.4 Å². The summed E-state index contributed by atoms with van der Waals surface area (Å²) in [7, 11) is 0. The van der Waals surface area contributed by atoms with Gasteiger partial charge < -0.3 is 0 Å². The molecular formula is C26H20. The highest BCUT2D eigenvalue weighted by molar-refractivity contribution is 6.25. The van der Waals surface area contributed by atoms with Crippen LogP contribution in [-0.4, -0.2) is 0 Å². The molecule has 0 radical (unpaired) electrons. The third-order valence-corrected chi connectivity index (χ3v) is 5.41. The first-order valence-electron chi connectivity index (χ1n) is 9.27. The van der Waals surface area contributed by atoms with Gasteiger partial charge in [0.1, 0.15) is 0 Å². The predicted octanol–water partition coefficient (Wildman–Crippen LogP) is 7.38. The highest BCUT2D eigenvalue weighted by atomic mass is 14.1. The predicted molar refractivity (Wildman–Crippen MR) is 114 cm³/mol. The van der Waals surface area contributed by atoms with Crippen molar-refractivity contribution in [2.75, 3.05) is 0 Å². The number of rotatable bonds is 2. The number of benzene rings is 5. The Labute approximate surface area is 153 Å². The van der Waals surface area contributed by atoms with Crippen molar-refractivity contribution in [3.05, 3.63) is 96.6 Å². The Kier molecular flexibility index (Phi) is 3.50. The zero-order chi connectivity index (χ0) is 17.5. The van der Waals surface area contributed by atoms with Crippen LogP contribution in [0.15, 0.2) is 91.0 Å². The molecule has 0 saturated carbocycles. The molecule has 0 N–H and O–H groups in total. The van der Waals surface area contributed by atoms with Gasteiger partial charge in [0.05, 0.1) is 0 Å². The Morgan fingerprint density at radius 3 is 1.62 bits per heavy atom. The smallest absolute Gasteiger partial charge is 0.00928 e. The molecular weight excluding hydrogens is 312 g/mol. The summed E-state index contributed by atoms with van der Waals surface area (Å²) in [6, 6.07) is 33.3. The third-order valence-electron chi connectivity index (χ3n) is 5.41. The highest BCUT2D eigenvalue weighted by Crippen LogP contribution is 2.37. The monoisotopic (exact) mass is 332 g/mol. The summed E-state index contributed by atoms with van der Waals surface area (Å²) in [5, 5.41) is 7.98. The maximum atomic E-state index is 2.36. The van der Waals surface area contributed by atoms with E-state index >= 15 is 0 Å². The van der Waals surface area contributed by atoms with Gasteiger partial charge in [0.25, 0.3) is 0 Å². The van der Waals surface area contributed by atoms with Crippen LogP contribution in [-0.2, 0) is 6.42 Å². The lowest BCUT2D eigenvalue weighted by molar-refractivity contribution is 1.14. The molecule has 0 aliphatic heterocycles. The van der Waals surface area contributed by atoms with Crippen molar-refractivity contribution in [3.63, 3.8) is 0 Å². The maximum Gasteiger partial charge on any atom is -0.00928 e. The molecule has 0 aliphatic rings. The Bertz CT molecular complexity index is 1230. The van der Waals surface area contributed by atoms with E-state index < -0.39 is 0 Å². The van der Waals surface area contributed by atoms with E-state index in [1.165, 1.54) is 49.0 Å². The lowest BCUT2D eigenvalue weighted by Gasteiger charge is -2.12. The van der Waals surface area contributed by atoms with Crippen molar-refractivity contribution >= 4 is 32.3 Å². The summed E-state index contributed by atoms with van der Waals surface area (Å²) in [5.41, 5.74) is 3.96. The van der Waals surface area contributed by atoms with E-state index in [1.54, 1.807) is 0 Å². The fourth-order valence-electron chi connectivity index (χ4n) is 4.06. The van der Waals surface area contributed by atoms with Gasteiger partial charge in [-0.2, -0.15) is 0 Å². The zero-order valence-electron chi connectivity index (χ0n) is 14.9. The van der Waals surface area contributed by atoms with E-state index in [-0.39, 0.29) is 0 Å². The Morgan fingerprint density at radius 1 is 0.462 bits per heavy atom. The van der Waals surface area contributed by atoms with E-state index in [9.17, 15) is 0 Å². The molecule has 26 heavy (non-hydrogen) atoms. The molecule has 0 heterocycles. The molecule has 0 saturated heterocycles. The summed E-state index contributed by atoms with van der Waals surface area (Å²) in [6.07, 6.45) is 1.06. The standard InChI is InChI=1S/C26H20/c1-2-18-8-7-9-19(16-18)20-14-15-25-23-12-4-3-10-21(23)22-11-5-6-13-24(22)26(25)17-20/h3-17H,2H2,1H3. The van der Waals surface area contributed by atoms with Crippen molar-refractivity contribution in [2.45, 2.75) is 13.3 Å². The van der Waals surface area contributed by atoms with Crippen LogP contribution < -0.4 is 0 Å². The third kappa shape index (κ3) is 2.30. The second kappa shape index (κ2) is 6.00. The van der Waals surface area contributed by atoms with Crippen LogP contribution in [0.2, 0.25) is 0 Å². The Balaban J connectivity index is 1.88. The molecule has 5 rings (SSSR count). The minimum absolute atomic E-state index is 1.06. The van der Waals surface area contributed by atoms with Crippen LogP contribution in [0, 0.1) is 0 Å². The highest BCUT2D eigenvalue weighted by Gasteiger charge is 2.09. The number of hydrogen-bond donors (Lipinski definition) is 0. The van der Waals surface area contributed by atoms with Gasteiger partial charge in [-0.15, -0.1) is 0 Å². The number of aryl methyl sites for hydroxylation is 1. The number of fused-ring (bicyclic) bond motifs is 6. The first-order chi connectivity index (χ1) is 12.8. The average Bonchev–Trinajstić information content (AvgIpc) is 2.73. The van der Waals surface area contributed by atoms with E-state index in [0.717, 1.165) is 6.42 Å². The van der Waals surface area contributed by atoms with Crippen LogP contribution in [0.5, 0.6) is 0 Å². The second-order valence-corrected chi connectivity index (χ2v) is 6.91. The summed E-state index contributed by atoms with van der Waals surface area (Å²) < 4.78 is 0. The van der Waals surface area contributed by atoms with Gasteiger partial charge in [-0.3, -0.25) is 0 Å². The van der Waals surface area contributed by atoms with E-state index in [2.05, 4.69) is 97.9 Å². The molecule has 0 aliphatic carbocycles. The van der Waals surface area contributed by atoms with Crippen molar-refractivity contribution in [3.8, 4) is 11.1 Å². The molecule has 5 aromatic rings. The lowest BCUT2D eigenvalue weighted by atomic mass is 9.92. The summed E-state index contributed by atoms with van der Waals surface area (Å²) in [4.78, 5) is 0. The molecule has 0 spiro atoms. The van der Waals surface area contributed by atoms with Gasteiger partial charge in [-0.25, -0.2) is 0 Å². The molecule has 124 valence electrons. The van der Waals surface area contributed by atoms with E-state index in [4.69, 9.17) is 0 Å². The van der Waals surface area contributed by atoms with Crippen molar-refractivity contribution in [1.82, 2.24) is 0 Å². The normalized spacial score (nSPS) is 11.4. The van der Waals surface area contributed by atoms with Gasteiger partial charge >= 0.3 is 0 Å². The van der Waals surface area contributed by atoms with Gasteiger partial charge in [0.15, 0.2) is 0 Å². The molecule has 0 bridgehead atoms. The molecule has 0 unspecified atom stereocenters. The quantitative estimate of drug-likeness (QED) is 0.296. The van der Waals surface area contributed by atoms with E-state index in [0.29, 0.717) is 0 Å². The van der Waals surface area contributed by atoms with Crippen molar-refractivity contribution in [2.24, 2.45) is 0 Å². The lowest BCUT2D eigenvalue weighted by Crippen LogP contribution is -1.86. The van der Waals surface area contributed by atoms with Crippen LogP contribution >= 0.6 is 0 Å². The van der Waals surface area contributed by atoms with Crippen molar-refractivity contribution in [1.29, 1.82) is 0 Å². The van der Waals surface area contributed by atoms with Gasteiger partial charge in [-0.1, -0.05) is 91.9 Å². The van der Waals surface area contributed by atoms with Gasteiger partial charge in [0.2, 0.25) is 0 Å². The first kappa shape index (κ1) is 15.2. The summed E-state index contributed by atoms with van der Waals surface area (Å²) in [5.74, 6) is 0. The maximum absolute atomic E-state index is 2.36.